The number of nitrogens with one attached hydrogen (secondary N) is 1. The van der Waals surface area contributed by atoms with Crippen LogP contribution in [-0.4, -0.2) is 4.98 Å². The molecule has 0 aliphatic heterocycles. The summed E-state index contributed by atoms with van der Waals surface area (Å²) in [7, 11) is 0. The summed E-state index contributed by atoms with van der Waals surface area (Å²) < 4.78 is 0. The lowest BCUT2D eigenvalue weighted by Gasteiger charge is -2.15. The monoisotopic (exact) mass is 239 g/mol. The van der Waals surface area contributed by atoms with E-state index in [2.05, 4.69) is 28.5 Å². The van der Waals surface area contributed by atoms with Crippen LogP contribution in [0.4, 0.5) is 0 Å². The third kappa shape index (κ3) is 2.86. The van der Waals surface area contributed by atoms with Crippen molar-refractivity contribution < 1.29 is 0 Å². The molecule has 0 bridgehead atoms. The van der Waals surface area contributed by atoms with Crippen molar-refractivity contribution in [2.75, 3.05) is 0 Å². The van der Waals surface area contributed by atoms with Gasteiger partial charge in [0.15, 0.2) is 0 Å². The van der Waals surface area contributed by atoms with Gasteiger partial charge in [0, 0.05) is 11.8 Å². The summed E-state index contributed by atoms with van der Waals surface area (Å²) in [5, 5.41) is 1.14. The average molecular weight is 239 g/mol. The van der Waals surface area contributed by atoms with Crippen molar-refractivity contribution in [2.45, 2.75) is 25.3 Å². The summed E-state index contributed by atoms with van der Waals surface area (Å²) in [5.41, 5.74) is 4.77. The molecule has 0 saturated heterocycles. The summed E-state index contributed by atoms with van der Waals surface area (Å²) in [6.45, 7) is 0. The van der Waals surface area contributed by atoms with E-state index in [9.17, 15) is 0 Å². The highest BCUT2D eigenvalue weighted by Crippen LogP contribution is 2.20. The quantitative estimate of drug-likeness (QED) is 0.365. The van der Waals surface area contributed by atoms with E-state index in [4.69, 9.17) is 12.3 Å². The van der Waals surface area contributed by atoms with Crippen LogP contribution in [-0.2, 0) is 0 Å². The van der Waals surface area contributed by atoms with Crippen molar-refractivity contribution in [2.24, 2.45) is 5.84 Å². The molecular weight excluding hydrogens is 222 g/mol. The number of hydrogen-bond acceptors (Lipinski definition) is 3. The number of fused-ring (bicyclic) bond motifs is 1. The first-order valence-electron chi connectivity index (χ1n) is 6.10. The molecule has 2 rings (SSSR count). The Morgan fingerprint density at radius 3 is 2.89 bits per heavy atom. The maximum Gasteiger partial charge on any atom is 0.0706 e. The minimum Gasteiger partial charge on any atom is -0.271 e. The van der Waals surface area contributed by atoms with E-state index in [0.29, 0.717) is 0 Å². The minimum atomic E-state index is 0.0583. The van der Waals surface area contributed by atoms with Gasteiger partial charge in [-0.15, -0.1) is 12.3 Å². The fourth-order valence-corrected chi connectivity index (χ4v) is 2.00. The normalized spacial score (nSPS) is 12.2. The van der Waals surface area contributed by atoms with Gasteiger partial charge >= 0.3 is 0 Å². The lowest BCUT2D eigenvalue weighted by atomic mass is 10.1. The molecule has 0 saturated carbocycles. The standard InChI is InChI=1S/C15H17N3/c1-2-3-4-9-15(18-16)14-11-10-12-7-5-6-8-13(12)17-14/h1,5-8,10-11,15,18H,3-4,9,16H2. The van der Waals surface area contributed by atoms with Crippen LogP contribution in [0.1, 0.15) is 31.0 Å². The third-order valence-electron chi connectivity index (χ3n) is 2.99. The number of rotatable bonds is 5. The Morgan fingerprint density at radius 2 is 2.11 bits per heavy atom. The van der Waals surface area contributed by atoms with Crippen LogP contribution in [0.15, 0.2) is 36.4 Å². The Balaban J connectivity index is 2.20. The molecule has 1 heterocycles. The molecule has 92 valence electrons. The van der Waals surface area contributed by atoms with Gasteiger partial charge in [-0.3, -0.25) is 16.3 Å². The summed E-state index contributed by atoms with van der Waals surface area (Å²) in [6, 6.07) is 12.2. The van der Waals surface area contributed by atoms with Crippen LogP contribution in [0.25, 0.3) is 10.9 Å². The first-order chi connectivity index (χ1) is 8.85. The molecule has 2 aromatic rings. The lowest BCUT2D eigenvalue weighted by Crippen LogP contribution is -2.28. The molecule has 1 unspecified atom stereocenters. The van der Waals surface area contributed by atoms with Gasteiger partial charge in [0.25, 0.3) is 0 Å². The first-order valence-corrected chi connectivity index (χ1v) is 6.10. The highest BCUT2D eigenvalue weighted by Gasteiger charge is 2.10. The number of pyridine rings is 1. The third-order valence-corrected chi connectivity index (χ3v) is 2.99. The topological polar surface area (TPSA) is 50.9 Å². The molecule has 18 heavy (non-hydrogen) atoms. The van der Waals surface area contributed by atoms with Crippen LogP contribution < -0.4 is 11.3 Å². The molecule has 1 atom stereocenters. The van der Waals surface area contributed by atoms with Crippen LogP contribution in [0, 0.1) is 12.3 Å². The Labute approximate surface area is 107 Å². The number of terminal acetylenes is 1. The second kappa shape index (κ2) is 6.15. The van der Waals surface area contributed by atoms with Gasteiger partial charge in [-0.2, -0.15) is 0 Å². The van der Waals surface area contributed by atoms with Gasteiger partial charge < -0.3 is 0 Å². The lowest BCUT2D eigenvalue weighted by molar-refractivity contribution is 0.493. The zero-order chi connectivity index (χ0) is 12.8. The average Bonchev–Trinajstić information content (AvgIpc) is 2.43. The van der Waals surface area contributed by atoms with E-state index in [1.165, 1.54) is 0 Å². The predicted octanol–water partition coefficient (Wildman–Crippen LogP) is 2.54. The maximum atomic E-state index is 5.59. The van der Waals surface area contributed by atoms with Crippen LogP contribution in [0.3, 0.4) is 0 Å². The van der Waals surface area contributed by atoms with Crippen LogP contribution in [0.2, 0.25) is 0 Å². The molecule has 0 amide bonds. The summed E-state index contributed by atoms with van der Waals surface area (Å²) in [5.74, 6) is 8.23. The Morgan fingerprint density at radius 1 is 1.28 bits per heavy atom. The number of para-hydroxylation sites is 1. The molecule has 0 aliphatic carbocycles. The van der Waals surface area contributed by atoms with Gasteiger partial charge in [0.2, 0.25) is 0 Å². The van der Waals surface area contributed by atoms with Crippen molar-refractivity contribution in [1.82, 2.24) is 10.4 Å². The van der Waals surface area contributed by atoms with E-state index in [-0.39, 0.29) is 6.04 Å². The fraction of sp³-hybridized carbons (Fsp3) is 0.267. The molecule has 1 aromatic heterocycles. The predicted molar refractivity (Wildman–Crippen MR) is 74.5 cm³/mol. The van der Waals surface area contributed by atoms with Gasteiger partial charge in [0.1, 0.15) is 0 Å². The van der Waals surface area contributed by atoms with Crippen molar-refractivity contribution in [3.63, 3.8) is 0 Å². The second-order valence-corrected chi connectivity index (χ2v) is 4.24. The van der Waals surface area contributed by atoms with Crippen molar-refractivity contribution >= 4 is 10.9 Å². The molecule has 0 aliphatic rings. The number of benzene rings is 1. The number of unbranched alkanes of at least 4 members (excludes halogenated alkanes) is 1. The van der Waals surface area contributed by atoms with Gasteiger partial charge in [0.05, 0.1) is 17.3 Å². The van der Waals surface area contributed by atoms with E-state index >= 15 is 0 Å². The van der Waals surface area contributed by atoms with Gasteiger partial charge in [-0.1, -0.05) is 24.3 Å². The number of aromatic nitrogens is 1. The summed E-state index contributed by atoms with van der Waals surface area (Å²) in [4.78, 5) is 4.63. The molecule has 3 N–H and O–H groups in total. The Hall–Kier alpha value is -1.89. The molecular formula is C15H17N3. The van der Waals surface area contributed by atoms with E-state index < -0.39 is 0 Å². The number of nitrogens with zero attached hydrogens (tertiary/aromatic N) is 1. The SMILES string of the molecule is C#CCCCC(NN)c1ccc2ccccc2n1. The molecule has 3 nitrogen and oxygen atoms in total. The zero-order valence-electron chi connectivity index (χ0n) is 10.3. The largest absolute Gasteiger partial charge is 0.271 e. The van der Waals surface area contributed by atoms with Gasteiger partial charge in [-0.05, 0) is 25.0 Å². The molecule has 1 aromatic carbocycles. The number of nitrogens with two attached hydrogens (primary N) is 1. The van der Waals surface area contributed by atoms with E-state index in [1.54, 1.807) is 0 Å². The maximum absolute atomic E-state index is 5.59. The van der Waals surface area contributed by atoms with Gasteiger partial charge in [-0.25, -0.2) is 0 Å². The highest BCUT2D eigenvalue weighted by atomic mass is 15.2. The van der Waals surface area contributed by atoms with Crippen molar-refractivity contribution in [1.29, 1.82) is 0 Å². The number of hydrazine groups is 1. The molecule has 0 fully saturated rings. The first kappa shape index (κ1) is 12.6. The zero-order valence-corrected chi connectivity index (χ0v) is 10.3. The van der Waals surface area contributed by atoms with Crippen LogP contribution in [0.5, 0.6) is 0 Å². The molecule has 0 spiro atoms. The van der Waals surface area contributed by atoms with Crippen molar-refractivity contribution in [3.8, 4) is 12.3 Å². The van der Waals surface area contributed by atoms with E-state index in [1.807, 2.05) is 24.3 Å². The minimum absolute atomic E-state index is 0.0583. The number of hydrogen-bond donors (Lipinski definition) is 2. The second-order valence-electron chi connectivity index (χ2n) is 4.24. The smallest absolute Gasteiger partial charge is 0.0706 e. The van der Waals surface area contributed by atoms with Crippen molar-refractivity contribution in [3.05, 3.63) is 42.1 Å². The Bertz CT molecular complexity index is 557. The fourth-order valence-electron chi connectivity index (χ4n) is 2.00. The molecule has 3 heteroatoms. The summed E-state index contributed by atoms with van der Waals surface area (Å²) >= 11 is 0. The van der Waals surface area contributed by atoms with E-state index in [0.717, 1.165) is 35.9 Å². The molecule has 0 radical (unpaired) electrons. The van der Waals surface area contributed by atoms with Crippen LogP contribution >= 0.6 is 0 Å². The Kier molecular flexibility index (Phi) is 4.30. The summed E-state index contributed by atoms with van der Waals surface area (Å²) in [6.07, 6.45) is 7.86. The highest BCUT2D eigenvalue weighted by molar-refractivity contribution is 5.78.